The van der Waals surface area contributed by atoms with E-state index in [-0.39, 0.29) is 18.2 Å². The Morgan fingerprint density at radius 3 is 2.64 bits per heavy atom. The lowest BCUT2D eigenvalue weighted by Crippen LogP contribution is -2.33. The smallest absolute Gasteiger partial charge is 0.253 e. The summed E-state index contributed by atoms with van der Waals surface area (Å²) >= 11 is 0. The third kappa shape index (κ3) is 3.80. The van der Waals surface area contributed by atoms with Crippen molar-refractivity contribution in [1.29, 1.82) is 0 Å². The van der Waals surface area contributed by atoms with Gasteiger partial charge in [-0.1, -0.05) is 11.6 Å². The van der Waals surface area contributed by atoms with Gasteiger partial charge in [0.1, 0.15) is 0 Å². The molecule has 0 bridgehead atoms. The zero-order valence-electron chi connectivity index (χ0n) is 12.8. The first-order valence-corrected chi connectivity index (χ1v) is 8.55. The summed E-state index contributed by atoms with van der Waals surface area (Å²) in [5.41, 5.74) is 2.99. The van der Waals surface area contributed by atoms with E-state index in [1.54, 1.807) is 13.0 Å². The lowest BCUT2D eigenvalue weighted by molar-refractivity contribution is 0.0955. The molecule has 0 aliphatic heterocycles. The number of carbonyl (C=O) groups is 1. The van der Waals surface area contributed by atoms with Crippen LogP contribution < -0.4 is 10.0 Å². The number of hydrogen-bond acceptors (Lipinski definition) is 4. The Morgan fingerprint density at radius 1 is 1.23 bits per heavy atom. The van der Waals surface area contributed by atoms with E-state index < -0.39 is 10.0 Å². The van der Waals surface area contributed by atoms with Crippen molar-refractivity contribution >= 4 is 26.8 Å². The summed E-state index contributed by atoms with van der Waals surface area (Å²) in [4.78, 5) is 16.6. The van der Waals surface area contributed by atoms with Crippen LogP contribution in [0.15, 0.2) is 24.3 Å². The number of hydrogen-bond donors (Lipinski definition) is 2. The van der Waals surface area contributed by atoms with Gasteiger partial charge in [-0.2, -0.15) is 0 Å². The number of nitrogens with zero attached hydrogens (tertiary/aromatic N) is 1. The molecule has 0 saturated carbocycles. The molecule has 0 spiro atoms. The molecule has 118 valence electrons. The average molecular weight is 321 g/mol. The lowest BCUT2D eigenvalue weighted by atomic mass is 10.1. The normalized spacial score (nSPS) is 11.6. The second-order valence-electron chi connectivity index (χ2n) is 5.10. The minimum atomic E-state index is -3.33. The van der Waals surface area contributed by atoms with Crippen LogP contribution in [0.3, 0.4) is 0 Å². The number of fused-ring (bicyclic) bond motifs is 1. The molecule has 0 unspecified atom stereocenters. The molecule has 0 saturated heterocycles. The number of aryl methyl sites for hydroxylation is 2. The van der Waals surface area contributed by atoms with Crippen molar-refractivity contribution in [2.75, 3.05) is 19.3 Å². The van der Waals surface area contributed by atoms with Crippen LogP contribution in [0.4, 0.5) is 0 Å². The van der Waals surface area contributed by atoms with Gasteiger partial charge < -0.3 is 5.32 Å². The van der Waals surface area contributed by atoms with E-state index in [1.165, 1.54) is 7.05 Å². The van der Waals surface area contributed by atoms with Gasteiger partial charge in [-0.05, 0) is 39.1 Å². The molecule has 1 aromatic carbocycles. The topological polar surface area (TPSA) is 88.2 Å². The fourth-order valence-corrected chi connectivity index (χ4v) is 2.69. The van der Waals surface area contributed by atoms with Crippen LogP contribution in [0.2, 0.25) is 0 Å². The number of carbonyl (C=O) groups excluding carboxylic acids is 1. The van der Waals surface area contributed by atoms with Gasteiger partial charge in [0.25, 0.3) is 5.91 Å². The van der Waals surface area contributed by atoms with Crippen LogP contribution in [0, 0.1) is 13.8 Å². The van der Waals surface area contributed by atoms with Gasteiger partial charge >= 0.3 is 0 Å². The number of pyridine rings is 1. The average Bonchev–Trinajstić information content (AvgIpc) is 2.46. The summed E-state index contributed by atoms with van der Waals surface area (Å²) in [7, 11) is -1.98. The van der Waals surface area contributed by atoms with E-state index in [0.29, 0.717) is 11.3 Å². The van der Waals surface area contributed by atoms with Crippen molar-refractivity contribution in [1.82, 2.24) is 15.0 Å². The maximum absolute atomic E-state index is 12.2. The molecule has 22 heavy (non-hydrogen) atoms. The molecular weight excluding hydrogens is 302 g/mol. The zero-order chi connectivity index (χ0) is 16.3. The van der Waals surface area contributed by atoms with E-state index in [1.807, 2.05) is 25.1 Å². The Hall–Kier alpha value is -1.99. The monoisotopic (exact) mass is 321 g/mol. The summed E-state index contributed by atoms with van der Waals surface area (Å²) < 4.78 is 24.8. The summed E-state index contributed by atoms with van der Waals surface area (Å²) in [6, 6.07) is 7.63. The highest BCUT2D eigenvalue weighted by molar-refractivity contribution is 7.89. The van der Waals surface area contributed by atoms with Gasteiger partial charge in [0.2, 0.25) is 10.0 Å². The summed E-state index contributed by atoms with van der Waals surface area (Å²) in [6.45, 7) is 3.79. The van der Waals surface area contributed by atoms with E-state index in [4.69, 9.17) is 0 Å². The molecule has 1 amide bonds. The molecule has 2 aromatic rings. The summed E-state index contributed by atoms with van der Waals surface area (Å²) in [6.07, 6.45) is 0. The van der Waals surface area contributed by atoms with Crippen molar-refractivity contribution in [2.24, 2.45) is 0 Å². The maximum Gasteiger partial charge on any atom is 0.253 e. The van der Waals surface area contributed by atoms with Crippen LogP contribution in [-0.4, -0.2) is 38.7 Å². The van der Waals surface area contributed by atoms with Crippen molar-refractivity contribution in [2.45, 2.75) is 13.8 Å². The van der Waals surface area contributed by atoms with E-state index >= 15 is 0 Å². The number of benzene rings is 1. The quantitative estimate of drug-likeness (QED) is 0.864. The Morgan fingerprint density at radius 2 is 1.95 bits per heavy atom. The zero-order valence-corrected chi connectivity index (χ0v) is 13.6. The Balaban J connectivity index is 2.19. The third-order valence-corrected chi connectivity index (χ3v) is 4.74. The van der Waals surface area contributed by atoms with Gasteiger partial charge in [0, 0.05) is 11.9 Å². The molecule has 2 N–H and O–H groups in total. The highest BCUT2D eigenvalue weighted by Crippen LogP contribution is 2.18. The summed E-state index contributed by atoms with van der Waals surface area (Å²) in [5, 5.41) is 3.50. The number of sulfonamides is 1. The number of rotatable bonds is 5. The predicted octanol–water partition coefficient (Wildman–Crippen LogP) is 1.13. The highest BCUT2D eigenvalue weighted by Gasteiger charge is 2.13. The summed E-state index contributed by atoms with van der Waals surface area (Å²) in [5.74, 6) is -0.478. The molecule has 6 nitrogen and oxygen atoms in total. The molecule has 2 rings (SSSR count). The lowest BCUT2D eigenvalue weighted by Gasteiger charge is -2.09. The predicted molar refractivity (Wildman–Crippen MR) is 86.4 cm³/mol. The molecule has 0 radical (unpaired) electrons. The first kappa shape index (κ1) is 16.4. The van der Waals surface area contributed by atoms with Crippen LogP contribution in [-0.2, 0) is 10.0 Å². The van der Waals surface area contributed by atoms with Crippen molar-refractivity contribution in [3.8, 4) is 0 Å². The number of aromatic nitrogens is 1. The van der Waals surface area contributed by atoms with Crippen molar-refractivity contribution < 1.29 is 13.2 Å². The Labute approximate surface area is 130 Å². The van der Waals surface area contributed by atoms with Crippen molar-refractivity contribution in [3.63, 3.8) is 0 Å². The molecule has 0 aliphatic carbocycles. The van der Waals surface area contributed by atoms with Gasteiger partial charge in [0.15, 0.2) is 0 Å². The minimum absolute atomic E-state index is 0.0489. The van der Waals surface area contributed by atoms with Gasteiger partial charge in [0.05, 0.1) is 22.5 Å². The highest BCUT2D eigenvalue weighted by atomic mass is 32.2. The van der Waals surface area contributed by atoms with Crippen LogP contribution in [0.25, 0.3) is 10.9 Å². The first-order valence-electron chi connectivity index (χ1n) is 6.90. The molecule has 0 atom stereocenters. The maximum atomic E-state index is 12.2. The van der Waals surface area contributed by atoms with Crippen LogP contribution in [0.1, 0.15) is 21.6 Å². The molecule has 1 aromatic heterocycles. The van der Waals surface area contributed by atoms with Crippen LogP contribution in [0.5, 0.6) is 0 Å². The van der Waals surface area contributed by atoms with Crippen LogP contribution >= 0.6 is 0 Å². The number of nitrogens with one attached hydrogen (secondary N) is 2. The SMILES string of the molecule is CNS(=O)(=O)CCNC(=O)c1cc2cc(C)ccc2nc1C. The Kier molecular flexibility index (Phi) is 4.77. The van der Waals surface area contributed by atoms with E-state index in [2.05, 4.69) is 15.0 Å². The van der Waals surface area contributed by atoms with Crippen molar-refractivity contribution in [3.05, 3.63) is 41.1 Å². The molecule has 7 heteroatoms. The van der Waals surface area contributed by atoms with Gasteiger partial charge in [-0.25, -0.2) is 13.1 Å². The standard InChI is InChI=1S/C15H19N3O3S/c1-10-4-5-14-12(8-10)9-13(11(2)18-14)15(19)17-6-7-22(20,21)16-3/h4-5,8-9,16H,6-7H2,1-3H3,(H,17,19). The molecular formula is C15H19N3O3S. The second-order valence-corrected chi connectivity index (χ2v) is 7.14. The molecule has 0 fully saturated rings. The van der Waals surface area contributed by atoms with E-state index in [0.717, 1.165) is 16.5 Å². The van der Waals surface area contributed by atoms with E-state index in [9.17, 15) is 13.2 Å². The third-order valence-electron chi connectivity index (χ3n) is 3.37. The fraction of sp³-hybridized carbons (Fsp3) is 0.333. The first-order chi connectivity index (χ1) is 10.3. The Bertz CT molecular complexity index is 816. The molecule has 1 heterocycles. The van der Waals surface area contributed by atoms with Gasteiger partial charge in [-0.15, -0.1) is 0 Å². The minimum Gasteiger partial charge on any atom is -0.351 e. The second kappa shape index (κ2) is 6.41. The van der Waals surface area contributed by atoms with Gasteiger partial charge in [-0.3, -0.25) is 9.78 Å². The number of amides is 1. The molecule has 0 aliphatic rings. The fourth-order valence-electron chi connectivity index (χ4n) is 2.12. The largest absolute Gasteiger partial charge is 0.351 e.